The molecule has 0 radical (unpaired) electrons. The Morgan fingerprint density at radius 2 is 1.70 bits per heavy atom. The summed E-state index contributed by atoms with van der Waals surface area (Å²) in [6.45, 7) is 1.33. The number of nitrogens with one attached hydrogen (secondary N) is 1. The Bertz CT molecular complexity index is 430. The van der Waals surface area contributed by atoms with Gasteiger partial charge in [-0.25, -0.2) is 0 Å². The molecular formula is C15H24N4O. The summed E-state index contributed by atoms with van der Waals surface area (Å²) in [4.78, 5) is 20.3. The molecule has 1 rings (SSSR count). The van der Waals surface area contributed by atoms with E-state index in [1.807, 2.05) is 68.3 Å². The van der Waals surface area contributed by atoms with E-state index in [9.17, 15) is 4.79 Å². The number of hydrogen-bond acceptors (Lipinski definition) is 2. The maximum atomic E-state index is 11.8. The molecule has 5 nitrogen and oxygen atoms in total. The lowest BCUT2D eigenvalue weighted by Crippen LogP contribution is -2.35. The minimum atomic E-state index is -0.0324. The van der Waals surface area contributed by atoms with Crippen LogP contribution < -0.4 is 5.32 Å². The number of amides is 1. The molecule has 110 valence electrons. The first-order valence-corrected chi connectivity index (χ1v) is 6.74. The van der Waals surface area contributed by atoms with Crippen molar-refractivity contribution in [2.24, 2.45) is 4.99 Å². The first kappa shape index (κ1) is 16.0. The molecule has 0 unspecified atom stereocenters. The van der Waals surface area contributed by atoms with E-state index in [0.29, 0.717) is 18.7 Å². The Kier molecular flexibility index (Phi) is 6.56. The fourth-order valence-electron chi connectivity index (χ4n) is 1.83. The van der Waals surface area contributed by atoms with Gasteiger partial charge in [-0.05, 0) is 18.6 Å². The summed E-state index contributed by atoms with van der Waals surface area (Å²) < 4.78 is 0. The van der Waals surface area contributed by atoms with Crippen molar-refractivity contribution in [1.29, 1.82) is 0 Å². The van der Waals surface area contributed by atoms with Crippen molar-refractivity contribution >= 4 is 11.9 Å². The average Bonchev–Trinajstić information content (AvgIpc) is 2.42. The predicted molar refractivity (Wildman–Crippen MR) is 83.1 cm³/mol. The fourth-order valence-corrected chi connectivity index (χ4v) is 1.83. The quantitative estimate of drug-likeness (QED) is 0.501. The monoisotopic (exact) mass is 276 g/mol. The van der Waals surface area contributed by atoms with E-state index in [4.69, 9.17) is 0 Å². The van der Waals surface area contributed by atoms with E-state index in [1.54, 1.807) is 0 Å². The highest BCUT2D eigenvalue weighted by atomic mass is 16.1. The Hall–Kier alpha value is -2.04. The molecule has 0 aliphatic carbocycles. The molecule has 0 aromatic heterocycles. The van der Waals surface area contributed by atoms with E-state index in [-0.39, 0.29) is 5.91 Å². The van der Waals surface area contributed by atoms with Crippen molar-refractivity contribution in [3.05, 3.63) is 35.9 Å². The van der Waals surface area contributed by atoms with Gasteiger partial charge in [-0.2, -0.15) is 0 Å². The molecule has 0 heterocycles. The largest absolute Gasteiger partial charge is 0.352 e. The number of carbonyl (C=O) groups is 1. The van der Waals surface area contributed by atoms with E-state index in [0.717, 1.165) is 12.4 Å². The third-order valence-electron chi connectivity index (χ3n) is 2.71. The highest BCUT2D eigenvalue weighted by Gasteiger charge is 2.04. The van der Waals surface area contributed by atoms with Gasteiger partial charge in [0.25, 0.3) is 5.91 Å². The van der Waals surface area contributed by atoms with Crippen LogP contribution in [0, 0.1) is 0 Å². The lowest BCUT2D eigenvalue weighted by atomic mass is 10.2. The number of nitrogens with zero attached hydrogens (tertiary/aromatic N) is 3. The van der Waals surface area contributed by atoms with Crippen molar-refractivity contribution < 1.29 is 4.79 Å². The minimum Gasteiger partial charge on any atom is -0.352 e. The van der Waals surface area contributed by atoms with Crippen LogP contribution in [-0.4, -0.2) is 62.9 Å². The third kappa shape index (κ3) is 5.30. The van der Waals surface area contributed by atoms with Gasteiger partial charge in [-0.3, -0.25) is 9.79 Å². The molecule has 0 atom stereocenters. The summed E-state index contributed by atoms with van der Waals surface area (Å²) in [6.07, 6.45) is 0.823. The predicted octanol–water partition coefficient (Wildman–Crippen LogP) is 1.29. The van der Waals surface area contributed by atoms with Gasteiger partial charge in [0.15, 0.2) is 5.96 Å². The van der Waals surface area contributed by atoms with Gasteiger partial charge in [0.2, 0.25) is 0 Å². The molecule has 1 aromatic carbocycles. The molecule has 0 saturated carbocycles. The normalized spacial score (nSPS) is 9.80. The Labute approximate surface area is 121 Å². The Morgan fingerprint density at radius 3 is 2.25 bits per heavy atom. The molecule has 5 heteroatoms. The standard InChI is InChI=1S/C15H24N4O/c1-18(2)15(19(3)4)17-12-8-11-16-14(20)13-9-6-5-7-10-13/h5-7,9-10H,8,11-12H2,1-4H3,(H,16,20). The molecule has 0 saturated heterocycles. The van der Waals surface area contributed by atoms with Gasteiger partial charge >= 0.3 is 0 Å². The van der Waals surface area contributed by atoms with Crippen molar-refractivity contribution in [2.45, 2.75) is 6.42 Å². The van der Waals surface area contributed by atoms with Crippen LogP contribution in [0.25, 0.3) is 0 Å². The summed E-state index contributed by atoms with van der Waals surface area (Å²) in [7, 11) is 7.87. The van der Waals surface area contributed by atoms with E-state index in [2.05, 4.69) is 10.3 Å². The molecule has 0 aliphatic heterocycles. The molecular weight excluding hydrogens is 252 g/mol. The Balaban J connectivity index is 2.32. The number of rotatable bonds is 5. The zero-order chi connectivity index (χ0) is 15.0. The number of carbonyl (C=O) groups excluding carboxylic acids is 1. The van der Waals surface area contributed by atoms with Crippen LogP contribution in [0.15, 0.2) is 35.3 Å². The van der Waals surface area contributed by atoms with Crippen molar-refractivity contribution in [3.8, 4) is 0 Å². The van der Waals surface area contributed by atoms with Crippen molar-refractivity contribution in [1.82, 2.24) is 15.1 Å². The van der Waals surface area contributed by atoms with Gasteiger partial charge in [-0.15, -0.1) is 0 Å². The first-order chi connectivity index (χ1) is 9.52. The van der Waals surface area contributed by atoms with Gasteiger partial charge in [-0.1, -0.05) is 18.2 Å². The molecule has 0 aliphatic rings. The van der Waals surface area contributed by atoms with Crippen LogP contribution in [0.4, 0.5) is 0 Å². The zero-order valence-corrected chi connectivity index (χ0v) is 12.8. The molecule has 1 N–H and O–H groups in total. The summed E-state index contributed by atoms with van der Waals surface area (Å²) in [5, 5.41) is 2.90. The topological polar surface area (TPSA) is 47.9 Å². The second-order valence-corrected chi connectivity index (χ2v) is 4.95. The van der Waals surface area contributed by atoms with Crippen molar-refractivity contribution in [2.75, 3.05) is 41.3 Å². The lowest BCUT2D eigenvalue weighted by Gasteiger charge is -2.22. The van der Waals surface area contributed by atoms with E-state index >= 15 is 0 Å². The molecule has 0 fully saturated rings. The summed E-state index contributed by atoms with van der Waals surface area (Å²) in [5.74, 6) is 0.898. The van der Waals surface area contributed by atoms with E-state index in [1.165, 1.54) is 0 Å². The third-order valence-corrected chi connectivity index (χ3v) is 2.71. The maximum absolute atomic E-state index is 11.8. The van der Waals surface area contributed by atoms with Gasteiger partial charge in [0, 0.05) is 46.8 Å². The molecule has 0 bridgehead atoms. The maximum Gasteiger partial charge on any atom is 0.251 e. The average molecular weight is 276 g/mol. The summed E-state index contributed by atoms with van der Waals surface area (Å²) in [6, 6.07) is 9.24. The highest BCUT2D eigenvalue weighted by Crippen LogP contribution is 1.97. The van der Waals surface area contributed by atoms with E-state index < -0.39 is 0 Å². The lowest BCUT2D eigenvalue weighted by molar-refractivity contribution is 0.0953. The first-order valence-electron chi connectivity index (χ1n) is 6.74. The minimum absolute atomic E-state index is 0.0324. The second-order valence-electron chi connectivity index (χ2n) is 4.95. The number of guanidine groups is 1. The van der Waals surface area contributed by atoms with Crippen LogP contribution in [0.1, 0.15) is 16.8 Å². The SMILES string of the molecule is CN(C)C(=NCCCNC(=O)c1ccccc1)N(C)C. The smallest absolute Gasteiger partial charge is 0.251 e. The van der Waals surface area contributed by atoms with Crippen LogP contribution in [0.2, 0.25) is 0 Å². The molecule has 1 aromatic rings. The summed E-state index contributed by atoms with van der Waals surface area (Å²) in [5.41, 5.74) is 0.693. The molecule has 1 amide bonds. The second kappa shape index (κ2) is 8.19. The van der Waals surface area contributed by atoms with Crippen molar-refractivity contribution in [3.63, 3.8) is 0 Å². The highest BCUT2D eigenvalue weighted by molar-refractivity contribution is 5.94. The number of benzene rings is 1. The number of hydrogen-bond donors (Lipinski definition) is 1. The molecule has 0 spiro atoms. The Morgan fingerprint density at radius 1 is 1.10 bits per heavy atom. The zero-order valence-electron chi connectivity index (χ0n) is 12.8. The van der Waals surface area contributed by atoms with Gasteiger partial charge in [0.1, 0.15) is 0 Å². The molecule has 20 heavy (non-hydrogen) atoms. The van der Waals surface area contributed by atoms with Crippen LogP contribution >= 0.6 is 0 Å². The summed E-state index contributed by atoms with van der Waals surface area (Å²) >= 11 is 0. The fraction of sp³-hybridized carbons (Fsp3) is 0.467. The van der Waals surface area contributed by atoms with Crippen LogP contribution in [0.3, 0.4) is 0 Å². The van der Waals surface area contributed by atoms with Crippen LogP contribution in [0.5, 0.6) is 0 Å². The van der Waals surface area contributed by atoms with Gasteiger partial charge < -0.3 is 15.1 Å². The number of aliphatic imine (C=N–C) groups is 1. The van der Waals surface area contributed by atoms with Gasteiger partial charge in [0.05, 0.1) is 0 Å². The van der Waals surface area contributed by atoms with Crippen LogP contribution in [-0.2, 0) is 0 Å².